The highest BCUT2D eigenvalue weighted by atomic mass is 16.5. The molecule has 3 nitrogen and oxygen atoms in total. The lowest BCUT2D eigenvalue weighted by atomic mass is 10.1. The van der Waals surface area contributed by atoms with Gasteiger partial charge in [-0.05, 0) is 30.9 Å². The number of pyridine rings is 1. The van der Waals surface area contributed by atoms with E-state index in [0.717, 1.165) is 24.7 Å². The average Bonchev–Trinajstić information content (AvgIpc) is 2.15. The van der Waals surface area contributed by atoms with Crippen molar-refractivity contribution >= 4 is 5.82 Å². The number of aromatic nitrogens is 1. The summed E-state index contributed by atoms with van der Waals surface area (Å²) in [7, 11) is 0. The van der Waals surface area contributed by atoms with E-state index in [2.05, 4.69) is 18.8 Å². The molecule has 0 aliphatic carbocycles. The number of nitrogen functional groups attached to an aromatic ring is 1. The van der Waals surface area contributed by atoms with Crippen molar-refractivity contribution in [1.29, 1.82) is 0 Å². The molecule has 2 N–H and O–H groups in total. The summed E-state index contributed by atoms with van der Waals surface area (Å²) in [6, 6.07) is 3.59. The largest absolute Gasteiger partial charge is 0.492 e. The van der Waals surface area contributed by atoms with E-state index in [1.54, 1.807) is 12.3 Å². The van der Waals surface area contributed by atoms with Crippen molar-refractivity contribution in [2.75, 3.05) is 12.3 Å². The first-order valence-corrected chi connectivity index (χ1v) is 5.03. The van der Waals surface area contributed by atoms with E-state index in [1.807, 2.05) is 6.07 Å². The highest BCUT2D eigenvalue weighted by Crippen LogP contribution is 2.11. The molecule has 0 atom stereocenters. The number of anilines is 1. The topological polar surface area (TPSA) is 48.1 Å². The van der Waals surface area contributed by atoms with E-state index in [1.165, 1.54) is 6.42 Å². The van der Waals surface area contributed by atoms with Gasteiger partial charge in [0, 0.05) is 0 Å². The number of ether oxygens (including phenoxy) is 1. The second-order valence-electron chi connectivity index (χ2n) is 3.80. The van der Waals surface area contributed by atoms with Gasteiger partial charge in [0.25, 0.3) is 0 Å². The van der Waals surface area contributed by atoms with Crippen LogP contribution in [0.25, 0.3) is 0 Å². The smallest absolute Gasteiger partial charge is 0.137 e. The van der Waals surface area contributed by atoms with Gasteiger partial charge in [0.15, 0.2) is 0 Å². The second-order valence-corrected chi connectivity index (χ2v) is 3.80. The molecule has 0 fully saturated rings. The second kappa shape index (κ2) is 5.47. The van der Waals surface area contributed by atoms with Crippen molar-refractivity contribution in [1.82, 2.24) is 4.98 Å². The SMILES string of the molecule is CC(C)CCCOc1ccc(N)nc1. The summed E-state index contributed by atoms with van der Waals surface area (Å²) in [4.78, 5) is 3.95. The molecule has 1 aromatic rings. The standard InChI is InChI=1S/C11H18N2O/c1-9(2)4-3-7-14-10-5-6-11(12)13-8-10/h5-6,8-9H,3-4,7H2,1-2H3,(H2,12,13). The summed E-state index contributed by atoms with van der Waals surface area (Å²) >= 11 is 0. The molecular weight excluding hydrogens is 176 g/mol. The minimum absolute atomic E-state index is 0.527. The summed E-state index contributed by atoms with van der Waals surface area (Å²) in [6.07, 6.45) is 3.94. The van der Waals surface area contributed by atoms with Gasteiger partial charge in [-0.2, -0.15) is 0 Å². The third-order valence-electron chi connectivity index (χ3n) is 1.95. The van der Waals surface area contributed by atoms with Gasteiger partial charge in [0.1, 0.15) is 11.6 Å². The van der Waals surface area contributed by atoms with E-state index >= 15 is 0 Å². The summed E-state index contributed by atoms with van der Waals surface area (Å²) in [5.74, 6) is 2.06. The number of hydrogen-bond donors (Lipinski definition) is 1. The zero-order valence-electron chi connectivity index (χ0n) is 8.86. The maximum atomic E-state index is 5.49. The fraction of sp³-hybridized carbons (Fsp3) is 0.545. The fourth-order valence-corrected chi connectivity index (χ4v) is 1.16. The van der Waals surface area contributed by atoms with Gasteiger partial charge in [0.2, 0.25) is 0 Å². The highest BCUT2D eigenvalue weighted by molar-refractivity contribution is 5.31. The molecule has 1 rings (SSSR count). The molecule has 0 aliphatic heterocycles. The Morgan fingerprint density at radius 1 is 1.43 bits per heavy atom. The highest BCUT2D eigenvalue weighted by Gasteiger charge is 1.96. The number of rotatable bonds is 5. The quantitative estimate of drug-likeness (QED) is 0.732. The molecule has 3 heteroatoms. The summed E-state index contributed by atoms with van der Waals surface area (Å²) in [6.45, 7) is 5.18. The maximum absolute atomic E-state index is 5.49. The average molecular weight is 194 g/mol. The molecule has 0 unspecified atom stereocenters. The Kier molecular flexibility index (Phi) is 4.23. The molecule has 0 aliphatic rings. The van der Waals surface area contributed by atoms with Crippen LogP contribution in [0, 0.1) is 5.92 Å². The Labute approximate surface area is 85.3 Å². The van der Waals surface area contributed by atoms with Crippen LogP contribution in [0.5, 0.6) is 5.75 Å². The Morgan fingerprint density at radius 3 is 2.79 bits per heavy atom. The van der Waals surface area contributed by atoms with Crippen LogP contribution in [-0.2, 0) is 0 Å². The zero-order valence-corrected chi connectivity index (χ0v) is 8.86. The molecular formula is C11H18N2O. The van der Waals surface area contributed by atoms with Gasteiger partial charge in [0.05, 0.1) is 12.8 Å². The Morgan fingerprint density at radius 2 is 2.21 bits per heavy atom. The van der Waals surface area contributed by atoms with Gasteiger partial charge in [-0.15, -0.1) is 0 Å². The number of nitrogens with zero attached hydrogens (tertiary/aromatic N) is 1. The minimum atomic E-state index is 0.527. The molecule has 0 saturated carbocycles. The Bertz CT molecular complexity index is 256. The van der Waals surface area contributed by atoms with Crippen molar-refractivity contribution in [3.63, 3.8) is 0 Å². The normalized spacial score (nSPS) is 10.5. The van der Waals surface area contributed by atoms with Crippen LogP contribution >= 0.6 is 0 Å². The van der Waals surface area contributed by atoms with E-state index in [0.29, 0.717) is 5.82 Å². The molecule has 1 aromatic heterocycles. The molecule has 0 aromatic carbocycles. The van der Waals surface area contributed by atoms with Crippen LogP contribution in [0.1, 0.15) is 26.7 Å². The lowest BCUT2D eigenvalue weighted by Crippen LogP contribution is -2.00. The number of nitrogens with two attached hydrogens (primary N) is 1. The van der Waals surface area contributed by atoms with Crippen molar-refractivity contribution in [3.05, 3.63) is 18.3 Å². The van der Waals surface area contributed by atoms with Gasteiger partial charge < -0.3 is 10.5 Å². The molecule has 0 bridgehead atoms. The Hall–Kier alpha value is -1.25. The zero-order chi connectivity index (χ0) is 10.4. The molecule has 0 radical (unpaired) electrons. The predicted molar refractivity (Wildman–Crippen MR) is 58.2 cm³/mol. The monoisotopic (exact) mass is 194 g/mol. The summed E-state index contributed by atoms with van der Waals surface area (Å²) < 4.78 is 5.49. The third-order valence-corrected chi connectivity index (χ3v) is 1.95. The minimum Gasteiger partial charge on any atom is -0.492 e. The molecule has 78 valence electrons. The molecule has 0 amide bonds. The van der Waals surface area contributed by atoms with Crippen LogP contribution in [0.4, 0.5) is 5.82 Å². The maximum Gasteiger partial charge on any atom is 0.137 e. The Balaban J connectivity index is 2.21. The van der Waals surface area contributed by atoms with Gasteiger partial charge in [-0.25, -0.2) is 4.98 Å². The first-order valence-electron chi connectivity index (χ1n) is 5.03. The first-order chi connectivity index (χ1) is 6.68. The van der Waals surface area contributed by atoms with Crippen LogP contribution in [0.2, 0.25) is 0 Å². The van der Waals surface area contributed by atoms with Crippen molar-refractivity contribution in [3.8, 4) is 5.75 Å². The van der Waals surface area contributed by atoms with Crippen LogP contribution in [0.3, 0.4) is 0 Å². The summed E-state index contributed by atoms with van der Waals surface area (Å²) in [5, 5.41) is 0. The lowest BCUT2D eigenvalue weighted by Gasteiger charge is -2.07. The predicted octanol–water partition coefficient (Wildman–Crippen LogP) is 2.48. The molecule has 1 heterocycles. The van der Waals surface area contributed by atoms with Crippen molar-refractivity contribution in [2.24, 2.45) is 5.92 Å². The van der Waals surface area contributed by atoms with Crippen molar-refractivity contribution in [2.45, 2.75) is 26.7 Å². The van der Waals surface area contributed by atoms with Crippen LogP contribution < -0.4 is 10.5 Å². The molecule has 14 heavy (non-hydrogen) atoms. The van der Waals surface area contributed by atoms with Crippen molar-refractivity contribution < 1.29 is 4.74 Å². The van der Waals surface area contributed by atoms with Crippen LogP contribution in [-0.4, -0.2) is 11.6 Å². The lowest BCUT2D eigenvalue weighted by molar-refractivity contribution is 0.297. The van der Waals surface area contributed by atoms with Crippen LogP contribution in [0.15, 0.2) is 18.3 Å². The fourth-order valence-electron chi connectivity index (χ4n) is 1.16. The van der Waals surface area contributed by atoms with E-state index < -0.39 is 0 Å². The van der Waals surface area contributed by atoms with Gasteiger partial charge in [-0.3, -0.25) is 0 Å². The first kappa shape index (κ1) is 10.8. The van der Waals surface area contributed by atoms with Gasteiger partial charge >= 0.3 is 0 Å². The summed E-state index contributed by atoms with van der Waals surface area (Å²) in [5.41, 5.74) is 5.45. The van der Waals surface area contributed by atoms with E-state index in [4.69, 9.17) is 10.5 Å². The third kappa shape index (κ3) is 4.12. The van der Waals surface area contributed by atoms with E-state index in [9.17, 15) is 0 Å². The number of hydrogen-bond acceptors (Lipinski definition) is 3. The molecule has 0 saturated heterocycles. The molecule has 0 spiro atoms. The van der Waals surface area contributed by atoms with Gasteiger partial charge in [-0.1, -0.05) is 13.8 Å². The van der Waals surface area contributed by atoms with E-state index in [-0.39, 0.29) is 0 Å².